The average molecular weight is 324 g/mol. The predicted octanol–water partition coefficient (Wildman–Crippen LogP) is 3.32. The fourth-order valence-corrected chi connectivity index (χ4v) is 2.57. The number of hydrogen-bond acceptors (Lipinski definition) is 5. The molecular formula is C19H16O5. The van der Waals surface area contributed by atoms with Gasteiger partial charge in [-0.1, -0.05) is 30.3 Å². The van der Waals surface area contributed by atoms with E-state index in [4.69, 9.17) is 13.9 Å². The van der Waals surface area contributed by atoms with E-state index in [1.807, 2.05) is 30.3 Å². The van der Waals surface area contributed by atoms with Crippen molar-refractivity contribution in [3.63, 3.8) is 0 Å². The van der Waals surface area contributed by atoms with Crippen LogP contribution < -0.4 is 10.2 Å². The van der Waals surface area contributed by atoms with E-state index in [1.54, 1.807) is 19.1 Å². The normalized spacial score (nSPS) is 10.8. The second kappa shape index (κ2) is 6.68. The first-order chi connectivity index (χ1) is 11.6. The molecule has 0 atom stereocenters. The number of hydrogen-bond donors (Lipinski definition) is 0. The van der Waals surface area contributed by atoms with Crippen LogP contribution in [0.1, 0.15) is 5.76 Å². The van der Waals surface area contributed by atoms with Crippen LogP contribution in [0, 0.1) is 6.92 Å². The van der Waals surface area contributed by atoms with E-state index in [-0.39, 0.29) is 12.0 Å². The Morgan fingerprint density at radius 3 is 2.58 bits per heavy atom. The third-order valence-electron chi connectivity index (χ3n) is 3.60. The summed E-state index contributed by atoms with van der Waals surface area (Å²) in [6.45, 7) is 1.60. The van der Waals surface area contributed by atoms with Crippen LogP contribution in [-0.2, 0) is 9.53 Å². The van der Waals surface area contributed by atoms with E-state index in [0.29, 0.717) is 28.0 Å². The highest BCUT2D eigenvalue weighted by Gasteiger charge is 2.14. The molecule has 0 radical (unpaired) electrons. The highest BCUT2D eigenvalue weighted by Crippen LogP contribution is 2.26. The first-order valence-electron chi connectivity index (χ1n) is 7.42. The second-order valence-electron chi connectivity index (χ2n) is 5.29. The standard InChI is InChI=1S/C19H16O5/c1-12-18(13-6-4-3-5-7-13)19(21)15-9-8-14(10-16(15)23-12)24-17(20)11-22-2/h3-10H,11H2,1-2H3. The summed E-state index contributed by atoms with van der Waals surface area (Å²) in [5, 5.41) is 0.436. The van der Waals surface area contributed by atoms with E-state index in [9.17, 15) is 9.59 Å². The summed E-state index contributed by atoms with van der Waals surface area (Å²) >= 11 is 0. The number of methoxy groups -OCH3 is 1. The van der Waals surface area contributed by atoms with E-state index in [0.717, 1.165) is 5.56 Å². The monoisotopic (exact) mass is 324 g/mol. The first kappa shape index (κ1) is 16.0. The number of benzene rings is 2. The molecule has 3 rings (SSSR count). The zero-order valence-corrected chi connectivity index (χ0v) is 13.4. The van der Waals surface area contributed by atoms with Crippen LogP contribution in [0.4, 0.5) is 0 Å². The van der Waals surface area contributed by atoms with Crippen molar-refractivity contribution in [1.29, 1.82) is 0 Å². The predicted molar refractivity (Wildman–Crippen MR) is 90.2 cm³/mol. The second-order valence-corrected chi connectivity index (χ2v) is 5.29. The lowest BCUT2D eigenvalue weighted by atomic mass is 10.0. The molecule has 0 aliphatic carbocycles. The van der Waals surface area contributed by atoms with E-state index >= 15 is 0 Å². The molecule has 2 aromatic carbocycles. The lowest BCUT2D eigenvalue weighted by Gasteiger charge is -2.08. The molecule has 24 heavy (non-hydrogen) atoms. The third-order valence-corrected chi connectivity index (χ3v) is 3.60. The molecular weight excluding hydrogens is 308 g/mol. The molecule has 0 bridgehead atoms. The Balaban J connectivity index is 2.08. The Bertz CT molecular complexity index is 941. The van der Waals surface area contributed by atoms with Crippen molar-refractivity contribution in [3.8, 4) is 16.9 Å². The third kappa shape index (κ3) is 3.07. The van der Waals surface area contributed by atoms with Crippen LogP contribution in [0.15, 0.2) is 57.7 Å². The number of ether oxygens (including phenoxy) is 2. The summed E-state index contributed by atoms with van der Waals surface area (Å²) in [4.78, 5) is 24.3. The largest absolute Gasteiger partial charge is 0.460 e. The molecule has 1 heterocycles. The maximum Gasteiger partial charge on any atom is 0.337 e. The van der Waals surface area contributed by atoms with Crippen molar-refractivity contribution in [2.24, 2.45) is 0 Å². The zero-order chi connectivity index (χ0) is 17.1. The molecule has 3 aromatic rings. The fraction of sp³-hybridized carbons (Fsp3) is 0.158. The number of esters is 1. The first-order valence-corrected chi connectivity index (χ1v) is 7.42. The van der Waals surface area contributed by atoms with Crippen LogP contribution in [-0.4, -0.2) is 19.7 Å². The maximum atomic E-state index is 12.8. The van der Waals surface area contributed by atoms with Gasteiger partial charge < -0.3 is 13.9 Å². The van der Waals surface area contributed by atoms with Gasteiger partial charge in [0.2, 0.25) is 5.43 Å². The van der Waals surface area contributed by atoms with Gasteiger partial charge in [-0.2, -0.15) is 0 Å². The lowest BCUT2D eigenvalue weighted by Crippen LogP contribution is -2.14. The van der Waals surface area contributed by atoms with Gasteiger partial charge >= 0.3 is 5.97 Å². The molecule has 0 unspecified atom stereocenters. The molecule has 122 valence electrons. The van der Waals surface area contributed by atoms with Gasteiger partial charge in [-0.25, -0.2) is 4.79 Å². The molecule has 0 spiro atoms. The van der Waals surface area contributed by atoms with Crippen molar-refractivity contribution in [1.82, 2.24) is 0 Å². The molecule has 0 N–H and O–H groups in total. The quantitative estimate of drug-likeness (QED) is 0.544. The SMILES string of the molecule is COCC(=O)Oc1ccc2c(=O)c(-c3ccccc3)c(C)oc2c1. The van der Waals surface area contributed by atoms with Crippen LogP contribution in [0.2, 0.25) is 0 Å². The van der Waals surface area contributed by atoms with Gasteiger partial charge in [-0.15, -0.1) is 0 Å². The van der Waals surface area contributed by atoms with Crippen LogP contribution in [0.5, 0.6) is 5.75 Å². The Morgan fingerprint density at radius 1 is 1.12 bits per heavy atom. The topological polar surface area (TPSA) is 65.7 Å². The summed E-state index contributed by atoms with van der Waals surface area (Å²) in [7, 11) is 1.41. The van der Waals surface area contributed by atoms with Gasteiger partial charge in [0.15, 0.2) is 0 Å². The van der Waals surface area contributed by atoms with E-state index in [2.05, 4.69) is 0 Å². The minimum absolute atomic E-state index is 0.116. The Kier molecular flexibility index (Phi) is 4.44. The number of aryl methyl sites for hydroxylation is 1. The van der Waals surface area contributed by atoms with E-state index in [1.165, 1.54) is 13.2 Å². The Morgan fingerprint density at radius 2 is 1.88 bits per heavy atom. The fourth-order valence-electron chi connectivity index (χ4n) is 2.57. The summed E-state index contributed by atoms with van der Waals surface area (Å²) in [5.74, 6) is 0.301. The highest BCUT2D eigenvalue weighted by molar-refractivity contribution is 5.84. The molecule has 0 amide bonds. The number of rotatable bonds is 4. The van der Waals surface area contributed by atoms with Gasteiger partial charge in [-0.3, -0.25) is 4.79 Å². The molecule has 0 aliphatic heterocycles. The summed E-state index contributed by atoms with van der Waals surface area (Å²) < 4.78 is 15.6. The molecule has 5 heteroatoms. The summed E-state index contributed by atoms with van der Waals surface area (Å²) in [6, 6.07) is 14.1. The van der Waals surface area contributed by atoms with E-state index < -0.39 is 5.97 Å². The maximum absolute atomic E-state index is 12.8. The Labute approximate surface area is 138 Å². The minimum atomic E-state index is -0.517. The van der Waals surface area contributed by atoms with Gasteiger partial charge in [-0.05, 0) is 24.6 Å². The van der Waals surface area contributed by atoms with Crippen molar-refractivity contribution >= 4 is 16.9 Å². The number of fused-ring (bicyclic) bond motifs is 1. The minimum Gasteiger partial charge on any atom is -0.460 e. The lowest BCUT2D eigenvalue weighted by molar-refractivity contribution is -0.138. The molecule has 0 saturated carbocycles. The van der Waals surface area contributed by atoms with Crippen LogP contribution in [0.3, 0.4) is 0 Å². The zero-order valence-electron chi connectivity index (χ0n) is 13.4. The average Bonchev–Trinajstić information content (AvgIpc) is 2.55. The van der Waals surface area contributed by atoms with Gasteiger partial charge in [0.1, 0.15) is 23.7 Å². The molecule has 0 fully saturated rings. The van der Waals surface area contributed by atoms with Crippen molar-refractivity contribution in [2.45, 2.75) is 6.92 Å². The van der Waals surface area contributed by atoms with Crippen LogP contribution >= 0.6 is 0 Å². The molecule has 0 saturated heterocycles. The molecule has 0 aliphatic rings. The number of carbonyl (C=O) groups is 1. The smallest absolute Gasteiger partial charge is 0.337 e. The van der Waals surface area contributed by atoms with Gasteiger partial charge in [0.25, 0.3) is 0 Å². The highest BCUT2D eigenvalue weighted by atomic mass is 16.6. The summed E-state index contributed by atoms with van der Waals surface area (Å²) in [5.41, 5.74) is 1.60. The number of carbonyl (C=O) groups excluding carboxylic acids is 1. The summed E-state index contributed by atoms with van der Waals surface area (Å²) in [6.07, 6.45) is 0. The Hall–Kier alpha value is -2.92. The van der Waals surface area contributed by atoms with Crippen molar-refractivity contribution < 1.29 is 18.7 Å². The molecule has 5 nitrogen and oxygen atoms in total. The van der Waals surface area contributed by atoms with Crippen molar-refractivity contribution in [3.05, 3.63) is 64.5 Å². The van der Waals surface area contributed by atoms with Crippen LogP contribution in [0.25, 0.3) is 22.1 Å². The van der Waals surface area contributed by atoms with Gasteiger partial charge in [0, 0.05) is 13.2 Å². The van der Waals surface area contributed by atoms with Gasteiger partial charge in [0.05, 0.1) is 10.9 Å². The molecule has 1 aromatic heterocycles. The van der Waals surface area contributed by atoms with Crippen molar-refractivity contribution in [2.75, 3.05) is 13.7 Å².